The summed E-state index contributed by atoms with van der Waals surface area (Å²) in [5.41, 5.74) is 2.17. The van der Waals surface area contributed by atoms with Crippen LogP contribution in [0.5, 0.6) is 0 Å². The number of nitrogens with one attached hydrogen (secondary N) is 1. The van der Waals surface area contributed by atoms with Gasteiger partial charge in [-0.1, -0.05) is 64.4 Å². The third kappa shape index (κ3) is 3.94. The monoisotopic (exact) mass is 303 g/mol. The van der Waals surface area contributed by atoms with E-state index in [1.807, 2.05) is 12.1 Å². The Morgan fingerprint density at radius 3 is 2.38 bits per heavy atom. The maximum atomic E-state index is 6.13. The largest absolute Gasteiger partial charge is 0.340 e. The van der Waals surface area contributed by atoms with E-state index in [-0.39, 0.29) is 5.41 Å². The third-order valence-corrected chi connectivity index (χ3v) is 3.40. The van der Waals surface area contributed by atoms with Crippen LogP contribution in [0.1, 0.15) is 51.9 Å². The molecule has 1 aromatic heterocycles. The number of anilines is 2. The standard InChI is InChI=1S/C17H22ClN3/c1-11(2)12-8-6-7-9-13(12)19-15-10-14(18)20-16(21-15)17(3,4)5/h6-11H,1-5H3,(H,19,20,21). The Morgan fingerprint density at radius 2 is 1.76 bits per heavy atom. The Bertz CT molecular complexity index is 630. The van der Waals surface area contributed by atoms with Crippen molar-refractivity contribution in [2.45, 2.75) is 46.0 Å². The first-order valence-corrected chi connectivity index (χ1v) is 7.56. The Morgan fingerprint density at radius 1 is 1.10 bits per heavy atom. The summed E-state index contributed by atoms with van der Waals surface area (Å²) in [6.07, 6.45) is 0. The average molecular weight is 304 g/mol. The van der Waals surface area contributed by atoms with Crippen LogP contribution in [0.4, 0.5) is 11.5 Å². The van der Waals surface area contributed by atoms with Gasteiger partial charge in [-0.2, -0.15) is 0 Å². The molecule has 0 saturated carbocycles. The van der Waals surface area contributed by atoms with Crippen molar-refractivity contribution in [3.05, 3.63) is 46.9 Å². The topological polar surface area (TPSA) is 37.8 Å². The van der Waals surface area contributed by atoms with E-state index in [1.54, 1.807) is 6.07 Å². The van der Waals surface area contributed by atoms with E-state index < -0.39 is 0 Å². The lowest BCUT2D eigenvalue weighted by Gasteiger charge is -2.19. The predicted octanol–water partition coefficient (Wildman–Crippen LogP) is 5.29. The molecule has 0 atom stereocenters. The zero-order chi connectivity index (χ0) is 15.6. The summed E-state index contributed by atoms with van der Waals surface area (Å²) in [4.78, 5) is 8.91. The van der Waals surface area contributed by atoms with E-state index in [4.69, 9.17) is 11.6 Å². The van der Waals surface area contributed by atoms with Gasteiger partial charge in [0.25, 0.3) is 0 Å². The fraction of sp³-hybridized carbons (Fsp3) is 0.412. The molecule has 0 saturated heterocycles. The molecule has 0 amide bonds. The Labute approximate surface area is 131 Å². The van der Waals surface area contributed by atoms with Crippen molar-refractivity contribution in [2.75, 3.05) is 5.32 Å². The second-order valence-electron chi connectivity index (χ2n) is 6.52. The van der Waals surface area contributed by atoms with Crippen molar-refractivity contribution in [1.82, 2.24) is 9.97 Å². The second kappa shape index (κ2) is 6.02. The second-order valence-corrected chi connectivity index (χ2v) is 6.90. The summed E-state index contributed by atoms with van der Waals surface area (Å²) < 4.78 is 0. The minimum Gasteiger partial charge on any atom is -0.340 e. The molecule has 2 rings (SSSR count). The summed E-state index contributed by atoms with van der Waals surface area (Å²) in [6.45, 7) is 10.6. The molecule has 0 spiro atoms. The molecule has 0 bridgehead atoms. The number of hydrogen-bond donors (Lipinski definition) is 1. The lowest BCUT2D eigenvalue weighted by molar-refractivity contribution is 0.546. The summed E-state index contributed by atoms with van der Waals surface area (Å²) in [5, 5.41) is 3.83. The van der Waals surface area contributed by atoms with E-state index in [9.17, 15) is 0 Å². The number of aromatic nitrogens is 2. The Hall–Kier alpha value is -1.61. The van der Waals surface area contributed by atoms with Gasteiger partial charge in [-0.25, -0.2) is 9.97 Å². The quantitative estimate of drug-likeness (QED) is 0.782. The Kier molecular flexibility index (Phi) is 4.52. The smallest absolute Gasteiger partial charge is 0.137 e. The number of nitrogens with zero attached hydrogens (tertiary/aromatic N) is 2. The van der Waals surface area contributed by atoms with Crippen LogP contribution in [-0.4, -0.2) is 9.97 Å². The van der Waals surface area contributed by atoms with Gasteiger partial charge >= 0.3 is 0 Å². The summed E-state index contributed by atoms with van der Waals surface area (Å²) in [7, 11) is 0. The number of benzene rings is 1. The van der Waals surface area contributed by atoms with Crippen LogP contribution in [0.25, 0.3) is 0 Å². The van der Waals surface area contributed by atoms with E-state index >= 15 is 0 Å². The van der Waals surface area contributed by atoms with Crippen LogP contribution in [-0.2, 0) is 5.41 Å². The number of halogens is 1. The van der Waals surface area contributed by atoms with Crippen molar-refractivity contribution < 1.29 is 0 Å². The van der Waals surface area contributed by atoms with E-state index in [0.717, 1.165) is 17.3 Å². The molecule has 1 N–H and O–H groups in total. The van der Waals surface area contributed by atoms with E-state index in [1.165, 1.54) is 5.56 Å². The van der Waals surface area contributed by atoms with Crippen LogP contribution in [0, 0.1) is 0 Å². The van der Waals surface area contributed by atoms with Crippen molar-refractivity contribution >= 4 is 23.1 Å². The molecule has 4 heteroatoms. The highest BCUT2D eigenvalue weighted by Crippen LogP contribution is 2.28. The first kappa shape index (κ1) is 15.8. The van der Waals surface area contributed by atoms with Crippen LogP contribution >= 0.6 is 11.6 Å². The van der Waals surface area contributed by atoms with Gasteiger partial charge in [-0.15, -0.1) is 0 Å². The van der Waals surface area contributed by atoms with Crippen LogP contribution < -0.4 is 5.32 Å². The summed E-state index contributed by atoms with van der Waals surface area (Å²) in [6, 6.07) is 10.0. The van der Waals surface area contributed by atoms with Gasteiger partial charge in [0.15, 0.2) is 0 Å². The predicted molar refractivity (Wildman–Crippen MR) is 89.6 cm³/mol. The van der Waals surface area contributed by atoms with Crippen molar-refractivity contribution in [1.29, 1.82) is 0 Å². The van der Waals surface area contributed by atoms with Crippen LogP contribution in [0.3, 0.4) is 0 Å². The fourth-order valence-electron chi connectivity index (χ4n) is 2.07. The van der Waals surface area contributed by atoms with Crippen LogP contribution in [0.2, 0.25) is 5.15 Å². The molecule has 0 aliphatic heterocycles. The minimum absolute atomic E-state index is 0.140. The highest BCUT2D eigenvalue weighted by molar-refractivity contribution is 6.29. The molecule has 1 heterocycles. The average Bonchev–Trinajstić information content (AvgIpc) is 2.37. The first-order chi connectivity index (χ1) is 9.77. The molecular weight excluding hydrogens is 282 g/mol. The van der Waals surface area contributed by atoms with Crippen molar-refractivity contribution in [3.63, 3.8) is 0 Å². The molecule has 0 aliphatic rings. The molecule has 0 fully saturated rings. The molecule has 2 aromatic rings. The molecule has 0 aliphatic carbocycles. The molecule has 1 aromatic carbocycles. The third-order valence-electron chi connectivity index (χ3n) is 3.21. The van der Waals surface area contributed by atoms with Gasteiger partial charge in [-0.05, 0) is 17.5 Å². The lowest BCUT2D eigenvalue weighted by Crippen LogP contribution is -2.17. The molecule has 21 heavy (non-hydrogen) atoms. The number of para-hydroxylation sites is 1. The van der Waals surface area contributed by atoms with E-state index in [2.05, 4.69) is 62.0 Å². The Balaban J connectivity index is 2.39. The number of rotatable bonds is 3. The van der Waals surface area contributed by atoms with Gasteiger partial charge in [0.2, 0.25) is 0 Å². The summed E-state index contributed by atoms with van der Waals surface area (Å²) >= 11 is 6.13. The molecule has 3 nitrogen and oxygen atoms in total. The molecule has 112 valence electrons. The van der Waals surface area contributed by atoms with Gasteiger partial charge in [-0.3, -0.25) is 0 Å². The van der Waals surface area contributed by atoms with Crippen molar-refractivity contribution in [2.24, 2.45) is 0 Å². The van der Waals surface area contributed by atoms with Crippen LogP contribution in [0.15, 0.2) is 30.3 Å². The lowest BCUT2D eigenvalue weighted by atomic mass is 9.96. The van der Waals surface area contributed by atoms with Crippen molar-refractivity contribution in [3.8, 4) is 0 Å². The summed E-state index contributed by atoms with van der Waals surface area (Å²) in [5.74, 6) is 1.90. The molecular formula is C17H22ClN3. The van der Waals surface area contributed by atoms with Gasteiger partial charge in [0.05, 0.1) is 0 Å². The fourth-order valence-corrected chi connectivity index (χ4v) is 2.25. The maximum absolute atomic E-state index is 6.13. The first-order valence-electron chi connectivity index (χ1n) is 7.18. The number of hydrogen-bond acceptors (Lipinski definition) is 3. The highest BCUT2D eigenvalue weighted by Gasteiger charge is 2.19. The van der Waals surface area contributed by atoms with Gasteiger partial charge in [0, 0.05) is 17.2 Å². The zero-order valence-electron chi connectivity index (χ0n) is 13.2. The SMILES string of the molecule is CC(C)c1ccccc1Nc1cc(Cl)nc(C(C)(C)C)n1. The molecule has 0 radical (unpaired) electrons. The normalized spacial score (nSPS) is 11.8. The highest BCUT2D eigenvalue weighted by atomic mass is 35.5. The van der Waals surface area contributed by atoms with Gasteiger partial charge < -0.3 is 5.32 Å². The van der Waals surface area contributed by atoms with Gasteiger partial charge in [0.1, 0.15) is 16.8 Å². The molecule has 0 unspecified atom stereocenters. The maximum Gasteiger partial charge on any atom is 0.137 e. The zero-order valence-corrected chi connectivity index (χ0v) is 14.0. The van der Waals surface area contributed by atoms with E-state index in [0.29, 0.717) is 11.1 Å². The minimum atomic E-state index is -0.140.